The molecule has 1 unspecified atom stereocenters. The third kappa shape index (κ3) is 4.96. The van der Waals surface area contributed by atoms with E-state index in [9.17, 15) is 9.59 Å². The molecule has 0 aromatic heterocycles. The molecule has 136 valence electrons. The lowest BCUT2D eigenvalue weighted by Gasteiger charge is -2.14. The Morgan fingerprint density at radius 3 is 2.19 bits per heavy atom. The van der Waals surface area contributed by atoms with E-state index < -0.39 is 0 Å². The lowest BCUT2D eigenvalue weighted by Crippen LogP contribution is -2.26. The highest BCUT2D eigenvalue weighted by atomic mass is 35.5. The molecule has 0 radical (unpaired) electrons. The van der Waals surface area contributed by atoms with Crippen LogP contribution in [0.2, 0.25) is 5.02 Å². The molecular formula is C22H19ClN2O2. The molecule has 3 aromatic carbocycles. The highest BCUT2D eigenvalue weighted by Crippen LogP contribution is 2.16. The number of benzene rings is 3. The molecule has 1 atom stereocenters. The average molecular weight is 379 g/mol. The zero-order valence-electron chi connectivity index (χ0n) is 14.8. The Kier molecular flexibility index (Phi) is 5.89. The van der Waals surface area contributed by atoms with Gasteiger partial charge in [0, 0.05) is 21.8 Å². The smallest absolute Gasteiger partial charge is 0.255 e. The minimum Gasteiger partial charge on any atom is -0.346 e. The normalized spacial score (nSPS) is 11.5. The van der Waals surface area contributed by atoms with Crippen molar-refractivity contribution in [3.63, 3.8) is 0 Å². The number of hydrogen-bond acceptors (Lipinski definition) is 2. The summed E-state index contributed by atoms with van der Waals surface area (Å²) in [6, 6.07) is 23.1. The maximum Gasteiger partial charge on any atom is 0.255 e. The Morgan fingerprint density at radius 1 is 0.815 bits per heavy atom. The quantitative estimate of drug-likeness (QED) is 0.650. The van der Waals surface area contributed by atoms with E-state index in [-0.39, 0.29) is 17.9 Å². The predicted molar refractivity (Wildman–Crippen MR) is 108 cm³/mol. The van der Waals surface area contributed by atoms with Crippen LogP contribution in [0.5, 0.6) is 0 Å². The first-order valence-corrected chi connectivity index (χ1v) is 8.93. The van der Waals surface area contributed by atoms with Crippen LogP contribution in [0.15, 0.2) is 78.9 Å². The van der Waals surface area contributed by atoms with Crippen molar-refractivity contribution in [2.45, 2.75) is 13.0 Å². The molecule has 0 fully saturated rings. The number of halogens is 1. The first-order chi connectivity index (χ1) is 13.0. The van der Waals surface area contributed by atoms with Gasteiger partial charge in [0.25, 0.3) is 11.8 Å². The maximum absolute atomic E-state index is 12.4. The molecule has 0 aliphatic heterocycles. The Hall–Kier alpha value is -3.11. The fraction of sp³-hybridized carbons (Fsp3) is 0.0909. The van der Waals surface area contributed by atoms with Crippen LogP contribution < -0.4 is 10.6 Å². The molecule has 0 spiro atoms. The standard InChI is InChI=1S/C22H19ClN2O2/c1-15(16-6-3-2-4-7-16)24-21(26)17-10-12-20(13-11-17)25-22(27)18-8-5-9-19(23)14-18/h2-15H,1H3,(H,24,26)(H,25,27). The molecular weight excluding hydrogens is 360 g/mol. The number of rotatable bonds is 5. The van der Waals surface area contributed by atoms with Gasteiger partial charge in [0.05, 0.1) is 6.04 Å². The van der Waals surface area contributed by atoms with E-state index >= 15 is 0 Å². The molecule has 2 amide bonds. The van der Waals surface area contributed by atoms with Gasteiger partial charge >= 0.3 is 0 Å². The number of nitrogens with one attached hydrogen (secondary N) is 2. The summed E-state index contributed by atoms with van der Waals surface area (Å²) in [7, 11) is 0. The second-order valence-electron chi connectivity index (χ2n) is 6.15. The first-order valence-electron chi connectivity index (χ1n) is 8.56. The van der Waals surface area contributed by atoms with Gasteiger partial charge in [0.2, 0.25) is 0 Å². The van der Waals surface area contributed by atoms with Crippen LogP contribution in [-0.4, -0.2) is 11.8 Å². The lowest BCUT2D eigenvalue weighted by molar-refractivity contribution is 0.0939. The van der Waals surface area contributed by atoms with Crippen LogP contribution in [0.1, 0.15) is 39.2 Å². The van der Waals surface area contributed by atoms with Gasteiger partial charge in [-0.1, -0.05) is 48.0 Å². The fourth-order valence-corrected chi connectivity index (χ4v) is 2.83. The summed E-state index contributed by atoms with van der Waals surface area (Å²) >= 11 is 5.91. The second kappa shape index (κ2) is 8.52. The zero-order valence-corrected chi connectivity index (χ0v) is 15.5. The molecule has 5 heteroatoms. The first kappa shape index (κ1) is 18.7. The summed E-state index contributed by atoms with van der Waals surface area (Å²) in [6.45, 7) is 1.94. The van der Waals surface area contributed by atoms with Crippen molar-refractivity contribution in [1.29, 1.82) is 0 Å². The summed E-state index contributed by atoms with van der Waals surface area (Å²) in [4.78, 5) is 24.6. The van der Waals surface area contributed by atoms with Crippen molar-refractivity contribution in [3.8, 4) is 0 Å². The highest BCUT2D eigenvalue weighted by molar-refractivity contribution is 6.31. The number of anilines is 1. The molecule has 27 heavy (non-hydrogen) atoms. The van der Waals surface area contributed by atoms with Gasteiger partial charge in [-0.05, 0) is 55.0 Å². The molecule has 0 aliphatic carbocycles. The Balaban J connectivity index is 1.63. The largest absolute Gasteiger partial charge is 0.346 e. The van der Waals surface area contributed by atoms with Crippen LogP contribution >= 0.6 is 11.6 Å². The number of carbonyl (C=O) groups is 2. The van der Waals surface area contributed by atoms with Crippen LogP contribution in [0, 0.1) is 0 Å². The van der Waals surface area contributed by atoms with Crippen molar-refractivity contribution in [2.75, 3.05) is 5.32 Å². The topological polar surface area (TPSA) is 58.2 Å². The maximum atomic E-state index is 12.4. The predicted octanol–water partition coefficient (Wildman–Crippen LogP) is 5.08. The van der Waals surface area contributed by atoms with Crippen molar-refractivity contribution in [3.05, 3.63) is 101 Å². The van der Waals surface area contributed by atoms with Crippen LogP contribution in [0.4, 0.5) is 5.69 Å². The molecule has 0 heterocycles. The summed E-state index contributed by atoms with van der Waals surface area (Å²) in [6.07, 6.45) is 0. The molecule has 0 bridgehead atoms. The van der Waals surface area contributed by atoms with E-state index in [2.05, 4.69) is 10.6 Å². The summed E-state index contributed by atoms with van der Waals surface area (Å²) in [5, 5.41) is 6.25. The van der Waals surface area contributed by atoms with Gasteiger partial charge in [-0.25, -0.2) is 0 Å². The molecule has 4 nitrogen and oxygen atoms in total. The van der Waals surface area contributed by atoms with Gasteiger partial charge in [-0.3, -0.25) is 9.59 Å². The minimum atomic E-state index is -0.257. The Bertz CT molecular complexity index is 940. The van der Waals surface area contributed by atoms with E-state index in [1.54, 1.807) is 48.5 Å². The van der Waals surface area contributed by atoms with Crippen molar-refractivity contribution >= 4 is 29.1 Å². The molecule has 2 N–H and O–H groups in total. The number of hydrogen-bond donors (Lipinski definition) is 2. The molecule has 3 rings (SSSR count). The van der Waals surface area contributed by atoms with E-state index in [0.29, 0.717) is 21.8 Å². The van der Waals surface area contributed by atoms with Crippen LogP contribution in [0.3, 0.4) is 0 Å². The molecule has 0 aliphatic rings. The summed E-state index contributed by atoms with van der Waals surface area (Å²) < 4.78 is 0. The SMILES string of the molecule is CC(NC(=O)c1ccc(NC(=O)c2cccc(Cl)c2)cc1)c1ccccc1. The lowest BCUT2D eigenvalue weighted by atomic mass is 10.1. The van der Waals surface area contributed by atoms with E-state index in [4.69, 9.17) is 11.6 Å². The van der Waals surface area contributed by atoms with Gasteiger partial charge in [-0.2, -0.15) is 0 Å². The molecule has 3 aromatic rings. The van der Waals surface area contributed by atoms with Crippen LogP contribution in [0.25, 0.3) is 0 Å². The third-order valence-corrected chi connectivity index (χ3v) is 4.37. The van der Waals surface area contributed by atoms with Crippen molar-refractivity contribution in [2.24, 2.45) is 0 Å². The zero-order chi connectivity index (χ0) is 19.2. The number of carbonyl (C=O) groups excluding carboxylic acids is 2. The third-order valence-electron chi connectivity index (χ3n) is 4.14. The highest BCUT2D eigenvalue weighted by Gasteiger charge is 2.12. The van der Waals surface area contributed by atoms with Crippen molar-refractivity contribution < 1.29 is 9.59 Å². The van der Waals surface area contributed by atoms with E-state index in [1.165, 1.54) is 0 Å². The van der Waals surface area contributed by atoms with Gasteiger partial charge in [-0.15, -0.1) is 0 Å². The minimum absolute atomic E-state index is 0.0964. The fourth-order valence-electron chi connectivity index (χ4n) is 2.64. The van der Waals surface area contributed by atoms with E-state index in [0.717, 1.165) is 5.56 Å². The second-order valence-corrected chi connectivity index (χ2v) is 6.58. The molecule has 0 saturated heterocycles. The van der Waals surface area contributed by atoms with Crippen LogP contribution in [-0.2, 0) is 0 Å². The number of amides is 2. The monoisotopic (exact) mass is 378 g/mol. The van der Waals surface area contributed by atoms with Gasteiger partial charge < -0.3 is 10.6 Å². The van der Waals surface area contributed by atoms with Crippen molar-refractivity contribution in [1.82, 2.24) is 5.32 Å². The average Bonchev–Trinajstić information content (AvgIpc) is 2.69. The Morgan fingerprint density at radius 2 is 1.52 bits per heavy atom. The van der Waals surface area contributed by atoms with E-state index in [1.807, 2.05) is 37.3 Å². The molecule has 0 saturated carbocycles. The van der Waals surface area contributed by atoms with Gasteiger partial charge in [0.1, 0.15) is 0 Å². The summed E-state index contributed by atoms with van der Waals surface area (Å²) in [5.41, 5.74) is 2.64. The van der Waals surface area contributed by atoms with Gasteiger partial charge in [0.15, 0.2) is 0 Å². The Labute approximate surface area is 163 Å². The summed E-state index contributed by atoms with van der Waals surface area (Å²) in [5.74, 6) is -0.425.